The number of aromatic nitrogens is 7. The van der Waals surface area contributed by atoms with Crippen molar-refractivity contribution in [2.75, 3.05) is 5.32 Å². The summed E-state index contributed by atoms with van der Waals surface area (Å²) in [5.41, 5.74) is 5.48. The number of nitrogens with one attached hydrogen (secondary N) is 3. The Morgan fingerprint density at radius 1 is 1.03 bits per heavy atom. The number of imidazole rings is 1. The first kappa shape index (κ1) is 22.2. The van der Waals surface area contributed by atoms with Gasteiger partial charge in [-0.2, -0.15) is 5.10 Å². The molecule has 3 N–H and O–H groups in total. The molecule has 0 atom stereocenters. The van der Waals surface area contributed by atoms with E-state index in [1.54, 1.807) is 30.9 Å². The highest BCUT2D eigenvalue weighted by Gasteiger charge is 2.25. The number of amides is 1. The molecule has 1 saturated carbocycles. The van der Waals surface area contributed by atoms with Gasteiger partial charge in [0, 0.05) is 41.0 Å². The van der Waals surface area contributed by atoms with Crippen molar-refractivity contribution in [3.63, 3.8) is 0 Å². The second-order valence-corrected chi connectivity index (χ2v) is 9.39. The van der Waals surface area contributed by atoms with Crippen molar-refractivity contribution in [1.29, 1.82) is 0 Å². The SMILES string of the molecule is O=C(Nc1cncc(-c2cc(F)c3n[nH]c(-c4nc5nccc(-c6ccccn6)c5[nH]4)c3c2)c1)C1CCC1. The first-order valence-corrected chi connectivity index (χ1v) is 12.3. The lowest BCUT2D eigenvalue weighted by atomic mass is 9.85. The van der Waals surface area contributed by atoms with Gasteiger partial charge in [0.1, 0.15) is 11.2 Å². The largest absolute Gasteiger partial charge is 0.335 e. The van der Waals surface area contributed by atoms with Crippen LogP contribution in [0.5, 0.6) is 0 Å². The van der Waals surface area contributed by atoms with Crippen LogP contribution in [0.3, 0.4) is 0 Å². The van der Waals surface area contributed by atoms with E-state index in [0.717, 1.165) is 36.0 Å². The molecule has 10 heteroatoms. The maximum atomic E-state index is 15.2. The van der Waals surface area contributed by atoms with E-state index in [4.69, 9.17) is 0 Å². The van der Waals surface area contributed by atoms with E-state index in [0.29, 0.717) is 39.4 Å². The van der Waals surface area contributed by atoms with Crippen LogP contribution in [0, 0.1) is 11.7 Å². The Labute approximate surface area is 215 Å². The first-order chi connectivity index (χ1) is 18.6. The third-order valence-corrected chi connectivity index (χ3v) is 7.00. The Morgan fingerprint density at radius 3 is 2.76 bits per heavy atom. The number of nitrogens with zero attached hydrogens (tertiary/aromatic N) is 5. The first-order valence-electron chi connectivity index (χ1n) is 12.3. The number of H-pyrrole nitrogens is 2. The highest BCUT2D eigenvalue weighted by atomic mass is 19.1. The zero-order valence-corrected chi connectivity index (χ0v) is 20.1. The highest BCUT2D eigenvalue weighted by Crippen LogP contribution is 2.34. The average molecular weight is 505 g/mol. The molecule has 7 rings (SSSR count). The Balaban J connectivity index is 1.29. The van der Waals surface area contributed by atoms with Gasteiger partial charge in [0.15, 0.2) is 17.3 Å². The van der Waals surface area contributed by atoms with Crippen LogP contribution < -0.4 is 5.32 Å². The van der Waals surface area contributed by atoms with Gasteiger partial charge in [0.2, 0.25) is 5.91 Å². The summed E-state index contributed by atoms with van der Waals surface area (Å²) < 4.78 is 15.2. The Morgan fingerprint density at radius 2 is 1.95 bits per heavy atom. The van der Waals surface area contributed by atoms with Gasteiger partial charge in [-0.1, -0.05) is 12.5 Å². The number of pyridine rings is 3. The number of hydrogen-bond donors (Lipinski definition) is 3. The Kier molecular flexibility index (Phi) is 5.17. The third-order valence-electron chi connectivity index (χ3n) is 7.00. The quantitative estimate of drug-likeness (QED) is 0.285. The molecule has 0 aliphatic heterocycles. The molecular formula is C28H21FN8O. The molecule has 186 valence electrons. The lowest BCUT2D eigenvalue weighted by Gasteiger charge is -2.24. The zero-order chi connectivity index (χ0) is 25.6. The molecule has 5 heterocycles. The standard InChI is InChI=1S/C28H21FN8O/c29-21-12-16(17-10-18(14-30-13-17)33-28(38)15-4-3-5-15)11-20-23(21)36-37-25(20)27-34-24-19(7-9-32-26(24)35-27)22-6-1-2-8-31-22/h1-2,6-15H,3-5H2,(H,33,38)(H,36,37)(H,32,34,35). The summed E-state index contributed by atoms with van der Waals surface area (Å²) in [4.78, 5) is 33.5. The van der Waals surface area contributed by atoms with E-state index in [9.17, 15) is 4.79 Å². The van der Waals surface area contributed by atoms with Gasteiger partial charge in [-0.15, -0.1) is 0 Å². The number of carbonyl (C=O) groups excluding carboxylic acids is 1. The van der Waals surface area contributed by atoms with Crippen LogP contribution in [0.15, 0.2) is 67.3 Å². The van der Waals surface area contributed by atoms with Crippen LogP contribution >= 0.6 is 0 Å². The maximum Gasteiger partial charge on any atom is 0.227 e. The number of hydrogen-bond acceptors (Lipinski definition) is 6. The molecule has 0 unspecified atom stereocenters. The van der Waals surface area contributed by atoms with Crippen molar-refractivity contribution < 1.29 is 9.18 Å². The summed E-state index contributed by atoms with van der Waals surface area (Å²) >= 11 is 0. The maximum absolute atomic E-state index is 15.2. The van der Waals surface area contributed by atoms with Crippen LogP contribution in [-0.2, 0) is 4.79 Å². The molecule has 1 amide bonds. The number of fused-ring (bicyclic) bond motifs is 2. The minimum atomic E-state index is -0.479. The average Bonchev–Trinajstić information content (AvgIpc) is 3.52. The number of anilines is 1. The van der Waals surface area contributed by atoms with Crippen LogP contribution in [-0.4, -0.2) is 41.0 Å². The van der Waals surface area contributed by atoms with Crippen LogP contribution in [0.2, 0.25) is 0 Å². The predicted molar refractivity (Wildman–Crippen MR) is 141 cm³/mol. The normalized spacial score (nSPS) is 13.6. The Hall–Kier alpha value is -4.99. The monoisotopic (exact) mass is 504 g/mol. The van der Waals surface area contributed by atoms with E-state index in [-0.39, 0.29) is 17.3 Å². The third kappa shape index (κ3) is 3.78. The summed E-state index contributed by atoms with van der Waals surface area (Å²) in [7, 11) is 0. The molecule has 38 heavy (non-hydrogen) atoms. The van der Waals surface area contributed by atoms with Crippen LogP contribution in [0.4, 0.5) is 10.1 Å². The van der Waals surface area contributed by atoms with Crippen molar-refractivity contribution >= 4 is 33.7 Å². The summed E-state index contributed by atoms with van der Waals surface area (Å²) in [6.45, 7) is 0. The van der Waals surface area contributed by atoms with Crippen molar-refractivity contribution in [3.8, 4) is 33.9 Å². The summed E-state index contributed by atoms with van der Waals surface area (Å²) in [5.74, 6) is 0.0526. The molecule has 0 saturated heterocycles. The zero-order valence-electron chi connectivity index (χ0n) is 20.1. The topological polar surface area (TPSA) is 125 Å². The van der Waals surface area contributed by atoms with Crippen molar-refractivity contribution in [1.82, 2.24) is 35.1 Å². The van der Waals surface area contributed by atoms with Crippen molar-refractivity contribution in [2.24, 2.45) is 5.92 Å². The number of aromatic amines is 2. The molecule has 1 aromatic carbocycles. The van der Waals surface area contributed by atoms with E-state index in [2.05, 4.69) is 40.4 Å². The van der Waals surface area contributed by atoms with Gasteiger partial charge in [-0.3, -0.25) is 19.9 Å². The highest BCUT2D eigenvalue weighted by molar-refractivity contribution is 5.98. The van der Waals surface area contributed by atoms with Gasteiger partial charge in [-0.05, 0) is 54.8 Å². The van der Waals surface area contributed by atoms with Gasteiger partial charge in [0.05, 0.1) is 23.1 Å². The molecule has 1 aliphatic rings. The molecule has 1 aliphatic carbocycles. The number of halogens is 1. The van der Waals surface area contributed by atoms with Crippen LogP contribution in [0.25, 0.3) is 56.0 Å². The van der Waals surface area contributed by atoms with Crippen LogP contribution in [0.1, 0.15) is 19.3 Å². The van der Waals surface area contributed by atoms with Gasteiger partial charge in [0.25, 0.3) is 0 Å². The Bertz CT molecular complexity index is 1820. The van der Waals surface area contributed by atoms with Gasteiger partial charge >= 0.3 is 0 Å². The molecule has 1 fully saturated rings. The second-order valence-electron chi connectivity index (χ2n) is 9.39. The van der Waals surface area contributed by atoms with E-state index < -0.39 is 5.82 Å². The van der Waals surface area contributed by atoms with Crippen molar-refractivity contribution in [2.45, 2.75) is 19.3 Å². The van der Waals surface area contributed by atoms with Gasteiger partial charge < -0.3 is 10.3 Å². The van der Waals surface area contributed by atoms with E-state index in [1.165, 1.54) is 6.07 Å². The minimum absolute atomic E-state index is 0.00230. The molecule has 9 nitrogen and oxygen atoms in total. The summed E-state index contributed by atoms with van der Waals surface area (Å²) in [6.07, 6.45) is 9.55. The smallest absolute Gasteiger partial charge is 0.227 e. The van der Waals surface area contributed by atoms with E-state index >= 15 is 4.39 Å². The number of benzene rings is 1. The molecule has 6 aromatic rings. The fourth-order valence-electron chi connectivity index (χ4n) is 4.77. The fourth-order valence-corrected chi connectivity index (χ4v) is 4.77. The predicted octanol–water partition coefficient (Wildman–Crippen LogP) is 5.50. The van der Waals surface area contributed by atoms with Crippen molar-refractivity contribution in [3.05, 3.63) is 73.1 Å². The van der Waals surface area contributed by atoms with Gasteiger partial charge in [-0.25, -0.2) is 14.4 Å². The lowest BCUT2D eigenvalue weighted by molar-refractivity contribution is -0.122. The fraction of sp³-hybridized carbons (Fsp3) is 0.143. The molecule has 0 bridgehead atoms. The molecular weight excluding hydrogens is 483 g/mol. The lowest BCUT2D eigenvalue weighted by Crippen LogP contribution is -2.28. The minimum Gasteiger partial charge on any atom is -0.335 e. The molecule has 5 aromatic heterocycles. The number of carbonyl (C=O) groups is 1. The second kappa shape index (κ2) is 8.84. The summed E-state index contributed by atoms with van der Waals surface area (Å²) in [5, 5.41) is 10.6. The molecule has 0 spiro atoms. The summed E-state index contributed by atoms with van der Waals surface area (Å²) in [6, 6.07) is 12.6. The molecule has 0 radical (unpaired) electrons. The van der Waals surface area contributed by atoms with E-state index in [1.807, 2.05) is 30.3 Å². The number of rotatable bonds is 5.